The van der Waals surface area contributed by atoms with Gasteiger partial charge in [0.25, 0.3) is 0 Å². The van der Waals surface area contributed by atoms with Crippen molar-refractivity contribution in [2.24, 2.45) is 0 Å². The zero-order valence-electron chi connectivity index (χ0n) is 10.5. The summed E-state index contributed by atoms with van der Waals surface area (Å²) in [4.78, 5) is 0. The predicted octanol–water partition coefficient (Wildman–Crippen LogP) is 3.21. The first-order valence-electron chi connectivity index (χ1n) is 5.93. The Labute approximate surface area is 99.3 Å². The molecule has 0 heterocycles. The Bertz CT molecular complexity index is 354. The molecule has 1 nitrogen and oxygen atoms in total. The van der Waals surface area contributed by atoms with Gasteiger partial charge in [0.2, 0.25) is 0 Å². The van der Waals surface area contributed by atoms with E-state index in [2.05, 4.69) is 37.9 Å². The van der Waals surface area contributed by atoms with Crippen molar-refractivity contribution in [3.63, 3.8) is 0 Å². The van der Waals surface area contributed by atoms with Crippen LogP contribution in [0.25, 0.3) is 0 Å². The predicted molar refractivity (Wildman–Crippen MR) is 70.3 cm³/mol. The maximum absolute atomic E-state index is 3.46. The highest BCUT2D eigenvalue weighted by atomic mass is 14.9. The van der Waals surface area contributed by atoms with Crippen LogP contribution in [0.4, 0.5) is 0 Å². The Morgan fingerprint density at radius 1 is 1.19 bits per heavy atom. The van der Waals surface area contributed by atoms with Gasteiger partial charge in [0, 0.05) is 11.1 Å². The summed E-state index contributed by atoms with van der Waals surface area (Å²) < 4.78 is 0. The third-order valence-corrected chi connectivity index (χ3v) is 2.54. The van der Waals surface area contributed by atoms with Crippen molar-refractivity contribution in [2.45, 2.75) is 39.2 Å². The van der Waals surface area contributed by atoms with E-state index in [1.807, 2.05) is 30.3 Å². The average molecular weight is 215 g/mol. The first-order chi connectivity index (χ1) is 7.64. The lowest BCUT2D eigenvalue weighted by Gasteiger charge is -2.24. The molecule has 0 atom stereocenters. The van der Waals surface area contributed by atoms with Crippen LogP contribution < -0.4 is 5.32 Å². The number of rotatable bonds is 4. The number of hydrogen-bond acceptors (Lipinski definition) is 1. The van der Waals surface area contributed by atoms with Crippen LogP contribution in [0.1, 0.15) is 39.2 Å². The van der Waals surface area contributed by atoms with Gasteiger partial charge in [-0.3, -0.25) is 0 Å². The molecular weight excluding hydrogens is 194 g/mol. The van der Waals surface area contributed by atoms with Crippen LogP contribution in [0.2, 0.25) is 0 Å². The Balaban J connectivity index is 2.39. The van der Waals surface area contributed by atoms with Gasteiger partial charge in [-0.05, 0) is 32.4 Å². The van der Waals surface area contributed by atoms with Crippen molar-refractivity contribution >= 4 is 0 Å². The summed E-state index contributed by atoms with van der Waals surface area (Å²) in [5, 5.41) is 3.46. The van der Waals surface area contributed by atoms with Gasteiger partial charge in [-0.1, -0.05) is 43.4 Å². The number of nitrogens with one attached hydrogen (secondary N) is 1. The van der Waals surface area contributed by atoms with Gasteiger partial charge in [0.05, 0.1) is 6.54 Å². The van der Waals surface area contributed by atoms with E-state index < -0.39 is 0 Å². The normalized spacial score (nSPS) is 10.7. The molecule has 0 aliphatic heterocycles. The van der Waals surface area contributed by atoms with E-state index in [9.17, 15) is 0 Å². The quantitative estimate of drug-likeness (QED) is 0.760. The van der Waals surface area contributed by atoms with Gasteiger partial charge in [-0.15, -0.1) is 0 Å². The Morgan fingerprint density at radius 3 is 2.50 bits per heavy atom. The molecule has 0 fully saturated rings. The van der Waals surface area contributed by atoms with E-state index in [-0.39, 0.29) is 5.54 Å². The highest BCUT2D eigenvalue weighted by Crippen LogP contribution is 2.09. The zero-order chi connectivity index (χ0) is 11.9. The summed E-state index contributed by atoms with van der Waals surface area (Å²) in [6.45, 7) is 7.41. The van der Waals surface area contributed by atoms with Crippen molar-refractivity contribution in [1.29, 1.82) is 0 Å². The van der Waals surface area contributed by atoms with E-state index in [1.54, 1.807) is 0 Å². The summed E-state index contributed by atoms with van der Waals surface area (Å²) in [7, 11) is 0. The van der Waals surface area contributed by atoms with Crippen molar-refractivity contribution in [1.82, 2.24) is 5.32 Å². The van der Waals surface area contributed by atoms with Crippen LogP contribution in [-0.4, -0.2) is 12.1 Å². The monoisotopic (exact) mass is 215 g/mol. The smallest absolute Gasteiger partial charge is 0.0584 e. The van der Waals surface area contributed by atoms with E-state index in [0.717, 1.165) is 12.1 Å². The van der Waals surface area contributed by atoms with Gasteiger partial charge in [-0.2, -0.15) is 0 Å². The van der Waals surface area contributed by atoms with Crippen molar-refractivity contribution in [3.8, 4) is 11.8 Å². The van der Waals surface area contributed by atoms with E-state index in [0.29, 0.717) is 0 Å². The third kappa shape index (κ3) is 5.00. The van der Waals surface area contributed by atoms with E-state index >= 15 is 0 Å². The Hall–Kier alpha value is -1.26. The lowest BCUT2D eigenvalue weighted by Crippen LogP contribution is -2.39. The maximum atomic E-state index is 3.46. The summed E-state index contributed by atoms with van der Waals surface area (Å²) in [6, 6.07) is 10.1. The molecular formula is C15H21N. The third-order valence-electron chi connectivity index (χ3n) is 2.54. The summed E-state index contributed by atoms with van der Waals surface area (Å²) in [5.41, 5.74) is 1.28. The Kier molecular flexibility index (Phi) is 5.08. The molecule has 1 rings (SSSR count). The molecule has 1 N–H and O–H groups in total. The van der Waals surface area contributed by atoms with Crippen molar-refractivity contribution < 1.29 is 0 Å². The lowest BCUT2D eigenvalue weighted by molar-refractivity contribution is 0.377. The molecule has 1 aromatic carbocycles. The standard InChI is InChI=1S/C15H21N/c1-4-12-15(2,3)16-13-8-11-14-9-6-5-7-10-14/h5-7,9-10,16H,4,12-13H2,1-3H3. The van der Waals surface area contributed by atoms with Crippen LogP contribution in [0.15, 0.2) is 30.3 Å². The molecule has 0 saturated carbocycles. The van der Waals surface area contributed by atoms with Crippen LogP contribution >= 0.6 is 0 Å². The molecule has 86 valence electrons. The molecule has 0 aliphatic rings. The second kappa shape index (κ2) is 6.35. The highest BCUT2D eigenvalue weighted by molar-refractivity contribution is 5.33. The van der Waals surface area contributed by atoms with Gasteiger partial charge in [0.1, 0.15) is 0 Å². The second-order valence-corrected chi connectivity index (χ2v) is 4.66. The van der Waals surface area contributed by atoms with Crippen LogP contribution in [-0.2, 0) is 0 Å². The number of benzene rings is 1. The lowest BCUT2D eigenvalue weighted by atomic mass is 9.99. The minimum Gasteiger partial charge on any atom is -0.301 e. The Morgan fingerprint density at radius 2 is 1.88 bits per heavy atom. The molecule has 0 spiro atoms. The van der Waals surface area contributed by atoms with Crippen molar-refractivity contribution in [3.05, 3.63) is 35.9 Å². The van der Waals surface area contributed by atoms with Crippen molar-refractivity contribution in [2.75, 3.05) is 6.54 Å². The molecule has 0 radical (unpaired) electrons. The fourth-order valence-electron chi connectivity index (χ4n) is 1.66. The van der Waals surface area contributed by atoms with Gasteiger partial charge in [-0.25, -0.2) is 0 Å². The fourth-order valence-corrected chi connectivity index (χ4v) is 1.66. The first-order valence-corrected chi connectivity index (χ1v) is 5.93. The summed E-state index contributed by atoms with van der Waals surface area (Å²) in [6.07, 6.45) is 2.38. The summed E-state index contributed by atoms with van der Waals surface area (Å²) in [5.74, 6) is 6.30. The molecule has 1 heteroatoms. The molecule has 0 bridgehead atoms. The number of hydrogen-bond donors (Lipinski definition) is 1. The largest absolute Gasteiger partial charge is 0.301 e. The molecule has 0 aliphatic carbocycles. The minimum atomic E-state index is 0.195. The van der Waals surface area contributed by atoms with E-state index in [4.69, 9.17) is 0 Å². The highest BCUT2D eigenvalue weighted by Gasteiger charge is 2.13. The molecule has 0 unspecified atom stereocenters. The van der Waals surface area contributed by atoms with Crippen LogP contribution in [0.3, 0.4) is 0 Å². The SMILES string of the molecule is CCCC(C)(C)NCC#Cc1ccccc1. The average Bonchev–Trinajstić information content (AvgIpc) is 2.26. The minimum absolute atomic E-state index is 0.195. The van der Waals surface area contributed by atoms with Gasteiger partial charge in [0.15, 0.2) is 0 Å². The molecule has 0 aromatic heterocycles. The molecule has 0 saturated heterocycles. The second-order valence-electron chi connectivity index (χ2n) is 4.66. The van der Waals surface area contributed by atoms with Crippen LogP contribution in [0, 0.1) is 11.8 Å². The zero-order valence-corrected chi connectivity index (χ0v) is 10.5. The van der Waals surface area contributed by atoms with E-state index in [1.165, 1.54) is 12.8 Å². The molecule has 1 aromatic rings. The van der Waals surface area contributed by atoms with Crippen LogP contribution in [0.5, 0.6) is 0 Å². The maximum Gasteiger partial charge on any atom is 0.0584 e. The summed E-state index contributed by atoms with van der Waals surface area (Å²) >= 11 is 0. The van der Waals surface area contributed by atoms with Gasteiger partial charge >= 0.3 is 0 Å². The first kappa shape index (κ1) is 12.8. The molecule has 0 amide bonds. The topological polar surface area (TPSA) is 12.0 Å². The van der Waals surface area contributed by atoms with Gasteiger partial charge < -0.3 is 5.32 Å². The molecule has 16 heavy (non-hydrogen) atoms. The fraction of sp³-hybridized carbons (Fsp3) is 0.467.